The van der Waals surface area contributed by atoms with Gasteiger partial charge in [0.25, 0.3) is 0 Å². The number of Topliss-reactive ketones (excluding diaryl/α,β-unsaturated/α-hetero) is 1. The lowest BCUT2D eigenvalue weighted by Gasteiger charge is -1.97. The molecule has 11 heavy (non-hydrogen) atoms. The zero-order chi connectivity index (χ0) is 8.69. The topological polar surface area (TPSA) is 64.8 Å². The Balaban J connectivity index is 3.52. The van der Waals surface area contributed by atoms with Gasteiger partial charge in [0.05, 0.1) is 5.71 Å². The molecule has 0 radical (unpaired) electrons. The quantitative estimate of drug-likeness (QED) is 0.444. The van der Waals surface area contributed by atoms with Gasteiger partial charge in [-0.25, -0.2) is 0 Å². The number of carbonyl (C=O) groups is 1. The van der Waals surface area contributed by atoms with Crippen molar-refractivity contribution < 1.29 is 4.79 Å². The average molecular weight is 154 g/mol. The van der Waals surface area contributed by atoms with Crippen LogP contribution in [-0.4, -0.2) is 17.7 Å². The highest BCUT2D eigenvalue weighted by Crippen LogP contribution is 1.97. The third-order valence-electron chi connectivity index (χ3n) is 1.44. The highest BCUT2D eigenvalue weighted by molar-refractivity contribution is 6.38. The van der Waals surface area contributed by atoms with Crippen LogP contribution in [0.4, 0.5) is 0 Å². The summed E-state index contributed by atoms with van der Waals surface area (Å²) in [6, 6.07) is 0. The molecule has 0 aliphatic carbocycles. The number of ketones is 1. The normalized spacial score (nSPS) is 9.18. The van der Waals surface area contributed by atoms with Crippen LogP contribution in [0.25, 0.3) is 0 Å². The lowest BCUT2D eigenvalue weighted by molar-refractivity contribution is -0.113. The van der Waals surface area contributed by atoms with Crippen LogP contribution in [0.2, 0.25) is 0 Å². The van der Waals surface area contributed by atoms with E-state index in [1.165, 1.54) is 6.21 Å². The SMILES string of the molecule is CCC(=N)C(=O)CCCC=N. The van der Waals surface area contributed by atoms with E-state index in [4.69, 9.17) is 10.8 Å². The van der Waals surface area contributed by atoms with Gasteiger partial charge >= 0.3 is 0 Å². The van der Waals surface area contributed by atoms with Gasteiger partial charge in [0.1, 0.15) is 0 Å². The minimum Gasteiger partial charge on any atom is -0.313 e. The summed E-state index contributed by atoms with van der Waals surface area (Å²) in [5.74, 6) is -0.0747. The number of carbonyl (C=O) groups excluding carboxylic acids is 1. The monoisotopic (exact) mass is 154 g/mol. The molecule has 0 rings (SSSR count). The molecule has 3 heteroatoms. The van der Waals surface area contributed by atoms with Crippen molar-refractivity contribution in [3.63, 3.8) is 0 Å². The fourth-order valence-corrected chi connectivity index (χ4v) is 0.713. The predicted molar refractivity (Wildman–Crippen MR) is 45.7 cm³/mol. The van der Waals surface area contributed by atoms with Crippen LogP contribution in [0.1, 0.15) is 32.6 Å². The molecule has 0 saturated carbocycles. The molecule has 0 amide bonds. The van der Waals surface area contributed by atoms with Gasteiger partial charge in [-0.2, -0.15) is 0 Å². The van der Waals surface area contributed by atoms with E-state index in [-0.39, 0.29) is 11.5 Å². The Morgan fingerprint density at radius 1 is 1.55 bits per heavy atom. The summed E-state index contributed by atoms with van der Waals surface area (Å²) in [5, 5.41) is 13.9. The summed E-state index contributed by atoms with van der Waals surface area (Å²) in [6.07, 6.45) is 3.57. The summed E-state index contributed by atoms with van der Waals surface area (Å²) in [4.78, 5) is 10.9. The van der Waals surface area contributed by atoms with Crippen LogP contribution in [0.5, 0.6) is 0 Å². The Bertz CT molecular complexity index is 163. The van der Waals surface area contributed by atoms with E-state index in [1.54, 1.807) is 6.92 Å². The predicted octanol–water partition coefficient (Wildman–Crippen LogP) is 1.81. The highest BCUT2D eigenvalue weighted by atomic mass is 16.1. The van der Waals surface area contributed by atoms with Gasteiger partial charge < -0.3 is 10.8 Å². The number of hydrogen-bond donors (Lipinski definition) is 2. The van der Waals surface area contributed by atoms with Gasteiger partial charge in [-0.05, 0) is 25.5 Å². The Labute approximate surface area is 66.8 Å². The maximum Gasteiger partial charge on any atom is 0.176 e. The lowest BCUT2D eigenvalue weighted by Crippen LogP contribution is -2.10. The molecule has 0 aromatic heterocycles. The smallest absolute Gasteiger partial charge is 0.176 e. The van der Waals surface area contributed by atoms with E-state index in [0.717, 1.165) is 0 Å². The Morgan fingerprint density at radius 3 is 2.64 bits per heavy atom. The molecule has 0 aromatic carbocycles. The van der Waals surface area contributed by atoms with Crippen molar-refractivity contribution in [3.05, 3.63) is 0 Å². The van der Waals surface area contributed by atoms with Crippen molar-refractivity contribution in [2.45, 2.75) is 32.6 Å². The molecular weight excluding hydrogens is 140 g/mol. The largest absolute Gasteiger partial charge is 0.313 e. The van der Waals surface area contributed by atoms with E-state index in [0.29, 0.717) is 25.7 Å². The fraction of sp³-hybridized carbons (Fsp3) is 0.625. The minimum absolute atomic E-state index is 0.0747. The van der Waals surface area contributed by atoms with Crippen molar-refractivity contribution in [1.29, 1.82) is 10.8 Å². The molecule has 0 atom stereocenters. The first-order valence-corrected chi connectivity index (χ1v) is 3.82. The first-order chi connectivity index (χ1) is 5.22. The Kier molecular flexibility index (Phi) is 5.25. The summed E-state index contributed by atoms with van der Waals surface area (Å²) in [5.41, 5.74) is 0.204. The van der Waals surface area contributed by atoms with E-state index in [2.05, 4.69) is 0 Å². The van der Waals surface area contributed by atoms with Crippen LogP contribution in [0, 0.1) is 10.8 Å². The van der Waals surface area contributed by atoms with E-state index in [1.807, 2.05) is 0 Å². The average Bonchev–Trinajstić information content (AvgIpc) is 2.03. The van der Waals surface area contributed by atoms with Crippen LogP contribution >= 0.6 is 0 Å². The molecule has 0 aliphatic rings. The first-order valence-electron chi connectivity index (χ1n) is 3.82. The molecule has 0 spiro atoms. The van der Waals surface area contributed by atoms with Gasteiger partial charge in [-0.3, -0.25) is 4.79 Å². The first kappa shape index (κ1) is 10.0. The van der Waals surface area contributed by atoms with Crippen molar-refractivity contribution in [1.82, 2.24) is 0 Å². The summed E-state index contributed by atoms with van der Waals surface area (Å²) < 4.78 is 0. The maximum atomic E-state index is 10.9. The maximum absolute atomic E-state index is 10.9. The zero-order valence-electron chi connectivity index (χ0n) is 6.81. The number of hydrogen-bond acceptors (Lipinski definition) is 3. The number of unbranched alkanes of at least 4 members (excludes halogenated alkanes) is 1. The van der Waals surface area contributed by atoms with E-state index in [9.17, 15) is 4.79 Å². The standard InChI is InChI=1S/C8H14N2O/c1-2-7(10)8(11)5-3-4-6-9/h6,9-10H,2-5H2,1H3. The second-order valence-electron chi connectivity index (χ2n) is 2.35. The van der Waals surface area contributed by atoms with Gasteiger partial charge in [0.2, 0.25) is 0 Å². The summed E-state index contributed by atoms with van der Waals surface area (Å²) in [6.45, 7) is 1.80. The van der Waals surface area contributed by atoms with Gasteiger partial charge in [-0.15, -0.1) is 0 Å². The molecule has 62 valence electrons. The van der Waals surface area contributed by atoms with Crippen LogP contribution < -0.4 is 0 Å². The molecule has 2 N–H and O–H groups in total. The Hall–Kier alpha value is -0.990. The minimum atomic E-state index is -0.0747. The van der Waals surface area contributed by atoms with Crippen LogP contribution in [-0.2, 0) is 4.79 Å². The second kappa shape index (κ2) is 5.77. The van der Waals surface area contributed by atoms with Crippen molar-refractivity contribution in [2.24, 2.45) is 0 Å². The lowest BCUT2D eigenvalue weighted by atomic mass is 10.1. The fourth-order valence-electron chi connectivity index (χ4n) is 0.713. The van der Waals surface area contributed by atoms with Crippen LogP contribution in [0.3, 0.4) is 0 Å². The van der Waals surface area contributed by atoms with Gasteiger partial charge in [-0.1, -0.05) is 6.92 Å². The molecule has 0 heterocycles. The van der Waals surface area contributed by atoms with Gasteiger partial charge in [0, 0.05) is 6.42 Å². The van der Waals surface area contributed by atoms with Crippen molar-refractivity contribution in [3.8, 4) is 0 Å². The third-order valence-corrected chi connectivity index (χ3v) is 1.44. The van der Waals surface area contributed by atoms with E-state index >= 15 is 0 Å². The highest BCUT2D eigenvalue weighted by Gasteiger charge is 2.05. The molecule has 0 saturated heterocycles. The van der Waals surface area contributed by atoms with Gasteiger partial charge in [0.15, 0.2) is 5.78 Å². The molecular formula is C8H14N2O. The number of rotatable bonds is 6. The molecule has 0 fully saturated rings. The summed E-state index contributed by atoms with van der Waals surface area (Å²) in [7, 11) is 0. The summed E-state index contributed by atoms with van der Waals surface area (Å²) >= 11 is 0. The van der Waals surface area contributed by atoms with Crippen molar-refractivity contribution in [2.75, 3.05) is 0 Å². The van der Waals surface area contributed by atoms with E-state index < -0.39 is 0 Å². The second-order valence-corrected chi connectivity index (χ2v) is 2.35. The zero-order valence-corrected chi connectivity index (χ0v) is 6.81. The van der Waals surface area contributed by atoms with Crippen LogP contribution in [0.15, 0.2) is 0 Å². The third kappa shape index (κ3) is 4.42. The van der Waals surface area contributed by atoms with Crippen molar-refractivity contribution >= 4 is 17.7 Å². The molecule has 0 bridgehead atoms. The molecule has 0 aliphatic heterocycles. The Morgan fingerprint density at radius 2 is 2.18 bits per heavy atom. The molecule has 0 aromatic rings. The molecule has 0 unspecified atom stereocenters. The number of nitrogens with one attached hydrogen (secondary N) is 2. The molecule has 3 nitrogen and oxygen atoms in total.